The molecule has 2 rings (SSSR count). The van der Waals surface area contributed by atoms with Gasteiger partial charge in [0, 0.05) is 18.8 Å². The van der Waals surface area contributed by atoms with E-state index < -0.39 is 0 Å². The Morgan fingerprint density at radius 3 is 3.00 bits per heavy atom. The van der Waals surface area contributed by atoms with E-state index in [1.165, 1.54) is 32.1 Å². The molecule has 94 valence electrons. The molecular weight excluding hydrogens is 278 g/mol. The average molecular weight is 298 g/mol. The molecule has 1 aliphatic heterocycles. The third kappa shape index (κ3) is 2.73. The number of aromatic nitrogens is 1. The molecule has 1 atom stereocenters. The minimum absolute atomic E-state index is 0.634. The highest BCUT2D eigenvalue weighted by Crippen LogP contribution is 2.36. The van der Waals surface area contributed by atoms with Crippen LogP contribution in [-0.4, -0.2) is 17.6 Å². The van der Waals surface area contributed by atoms with Crippen molar-refractivity contribution in [2.24, 2.45) is 0 Å². The van der Waals surface area contributed by atoms with Crippen LogP contribution in [0.15, 0.2) is 16.9 Å². The lowest BCUT2D eigenvalue weighted by molar-refractivity contribution is 0.434. The van der Waals surface area contributed by atoms with E-state index in [1.54, 1.807) is 6.20 Å². The van der Waals surface area contributed by atoms with E-state index in [-0.39, 0.29) is 0 Å². The fraction of sp³-hybridized carbons (Fsp3) is 0.615. The van der Waals surface area contributed by atoms with Crippen molar-refractivity contribution in [3.8, 4) is 0 Å². The molecule has 1 unspecified atom stereocenters. The number of pyridine rings is 1. The molecule has 0 spiro atoms. The van der Waals surface area contributed by atoms with Gasteiger partial charge in [0.05, 0.1) is 22.0 Å². The SMILES string of the molecule is CCCC1CCCCN1c1c(N)cncc1Br. The normalized spacial score (nSPS) is 20.6. The zero-order chi connectivity index (χ0) is 12.3. The zero-order valence-electron chi connectivity index (χ0n) is 10.3. The standard InChI is InChI=1S/C13H20BrN3/c1-2-5-10-6-3-4-7-17(10)13-11(14)8-16-9-12(13)15/h8-10H,2-7,15H2,1H3. The van der Waals surface area contributed by atoms with E-state index in [0.29, 0.717) is 6.04 Å². The summed E-state index contributed by atoms with van der Waals surface area (Å²) in [6, 6.07) is 0.634. The second-order valence-corrected chi connectivity index (χ2v) is 5.55. The summed E-state index contributed by atoms with van der Waals surface area (Å²) in [7, 11) is 0. The molecule has 2 N–H and O–H groups in total. The van der Waals surface area contributed by atoms with Crippen LogP contribution in [0.1, 0.15) is 39.0 Å². The average Bonchev–Trinajstić information content (AvgIpc) is 2.31. The number of hydrogen-bond donors (Lipinski definition) is 1. The highest BCUT2D eigenvalue weighted by Gasteiger charge is 2.24. The van der Waals surface area contributed by atoms with Gasteiger partial charge in [0.2, 0.25) is 0 Å². The summed E-state index contributed by atoms with van der Waals surface area (Å²) in [5.41, 5.74) is 7.99. The van der Waals surface area contributed by atoms with Crippen LogP contribution in [0.2, 0.25) is 0 Å². The Kier molecular flexibility index (Phi) is 4.26. The topological polar surface area (TPSA) is 42.1 Å². The molecule has 0 radical (unpaired) electrons. The maximum absolute atomic E-state index is 6.08. The van der Waals surface area contributed by atoms with Crippen LogP contribution >= 0.6 is 15.9 Å². The number of nitrogen functional groups attached to an aromatic ring is 1. The molecule has 0 aliphatic carbocycles. The van der Waals surface area contributed by atoms with Crippen LogP contribution in [0.25, 0.3) is 0 Å². The van der Waals surface area contributed by atoms with Crippen molar-refractivity contribution in [3.63, 3.8) is 0 Å². The van der Waals surface area contributed by atoms with Crippen molar-refractivity contribution >= 4 is 27.3 Å². The molecular formula is C13H20BrN3. The largest absolute Gasteiger partial charge is 0.396 e. The fourth-order valence-corrected chi connectivity index (χ4v) is 3.25. The Bertz CT molecular complexity index is 359. The van der Waals surface area contributed by atoms with Crippen LogP contribution in [-0.2, 0) is 0 Å². The van der Waals surface area contributed by atoms with Crippen LogP contribution in [0.4, 0.5) is 11.4 Å². The van der Waals surface area contributed by atoms with Gasteiger partial charge in [0.1, 0.15) is 0 Å². The predicted molar refractivity (Wildman–Crippen MR) is 76.2 cm³/mol. The third-order valence-electron chi connectivity index (χ3n) is 3.44. The molecule has 0 amide bonds. The number of anilines is 2. The van der Waals surface area contributed by atoms with E-state index in [9.17, 15) is 0 Å². The molecule has 1 saturated heterocycles. The molecule has 2 heterocycles. The lowest BCUT2D eigenvalue weighted by Crippen LogP contribution is -2.40. The molecule has 0 saturated carbocycles. The number of hydrogen-bond acceptors (Lipinski definition) is 3. The van der Waals surface area contributed by atoms with Gasteiger partial charge in [0.25, 0.3) is 0 Å². The molecule has 0 bridgehead atoms. The lowest BCUT2D eigenvalue weighted by atomic mass is 9.97. The van der Waals surface area contributed by atoms with Gasteiger partial charge in [-0.2, -0.15) is 0 Å². The maximum atomic E-state index is 6.08. The molecule has 3 nitrogen and oxygen atoms in total. The first-order valence-electron chi connectivity index (χ1n) is 6.39. The molecule has 4 heteroatoms. The lowest BCUT2D eigenvalue weighted by Gasteiger charge is -2.38. The van der Waals surface area contributed by atoms with Crippen LogP contribution in [0.5, 0.6) is 0 Å². The summed E-state index contributed by atoms with van der Waals surface area (Å²) in [5.74, 6) is 0. The van der Waals surface area contributed by atoms with Crippen LogP contribution in [0.3, 0.4) is 0 Å². The molecule has 1 fully saturated rings. The first-order valence-corrected chi connectivity index (χ1v) is 7.19. The van der Waals surface area contributed by atoms with Crippen molar-refractivity contribution < 1.29 is 0 Å². The van der Waals surface area contributed by atoms with E-state index in [0.717, 1.165) is 22.4 Å². The fourth-order valence-electron chi connectivity index (χ4n) is 2.67. The van der Waals surface area contributed by atoms with Gasteiger partial charge in [-0.1, -0.05) is 13.3 Å². The Balaban J connectivity index is 2.29. The van der Waals surface area contributed by atoms with Crippen molar-refractivity contribution in [1.82, 2.24) is 4.98 Å². The highest BCUT2D eigenvalue weighted by atomic mass is 79.9. The van der Waals surface area contributed by atoms with Gasteiger partial charge in [-0.15, -0.1) is 0 Å². The van der Waals surface area contributed by atoms with Crippen LogP contribution in [0, 0.1) is 0 Å². The molecule has 1 aromatic rings. The van der Waals surface area contributed by atoms with Crippen molar-refractivity contribution in [1.29, 1.82) is 0 Å². The Morgan fingerprint density at radius 1 is 1.47 bits per heavy atom. The van der Waals surface area contributed by atoms with E-state index in [2.05, 4.69) is 32.7 Å². The second-order valence-electron chi connectivity index (χ2n) is 4.69. The third-order valence-corrected chi connectivity index (χ3v) is 4.02. The minimum atomic E-state index is 0.634. The van der Waals surface area contributed by atoms with Crippen molar-refractivity contribution in [2.75, 3.05) is 17.2 Å². The number of nitrogens with zero attached hydrogens (tertiary/aromatic N) is 2. The quantitative estimate of drug-likeness (QED) is 0.927. The number of nitrogens with two attached hydrogens (primary N) is 1. The number of halogens is 1. The smallest absolute Gasteiger partial charge is 0.0778 e. The van der Waals surface area contributed by atoms with E-state index >= 15 is 0 Å². The van der Waals surface area contributed by atoms with Crippen molar-refractivity contribution in [2.45, 2.75) is 45.1 Å². The summed E-state index contributed by atoms with van der Waals surface area (Å²) in [5, 5.41) is 0. The minimum Gasteiger partial charge on any atom is -0.396 e. The maximum Gasteiger partial charge on any atom is 0.0778 e. The molecule has 17 heavy (non-hydrogen) atoms. The summed E-state index contributed by atoms with van der Waals surface area (Å²) in [4.78, 5) is 6.58. The number of rotatable bonds is 3. The molecule has 1 aromatic heterocycles. The van der Waals surface area contributed by atoms with Gasteiger partial charge in [-0.05, 0) is 41.6 Å². The van der Waals surface area contributed by atoms with Gasteiger partial charge in [-0.3, -0.25) is 4.98 Å². The van der Waals surface area contributed by atoms with Gasteiger partial charge >= 0.3 is 0 Å². The van der Waals surface area contributed by atoms with Gasteiger partial charge in [0.15, 0.2) is 0 Å². The molecule has 0 aromatic carbocycles. The second kappa shape index (κ2) is 5.71. The highest BCUT2D eigenvalue weighted by molar-refractivity contribution is 9.10. The van der Waals surface area contributed by atoms with Crippen LogP contribution < -0.4 is 10.6 Å². The monoisotopic (exact) mass is 297 g/mol. The van der Waals surface area contributed by atoms with E-state index in [1.807, 2.05) is 6.20 Å². The van der Waals surface area contributed by atoms with Gasteiger partial charge < -0.3 is 10.6 Å². The zero-order valence-corrected chi connectivity index (χ0v) is 11.9. The first kappa shape index (κ1) is 12.7. The summed E-state index contributed by atoms with van der Waals surface area (Å²) in [6.07, 6.45) is 9.93. The Morgan fingerprint density at radius 2 is 2.29 bits per heavy atom. The van der Waals surface area contributed by atoms with Gasteiger partial charge in [-0.25, -0.2) is 0 Å². The molecule has 1 aliphatic rings. The van der Waals surface area contributed by atoms with E-state index in [4.69, 9.17) is 5.73 Å². The Labute approximate surface area is 112 Å². The summed E-state index contributed by atoms with van der Waals surface area (Å²) >= 11 is 3.58. The number of piperidine rings is 1. The van der Waals surface area contributed by atoms with Crippen molar-refractivity contribution in [3.05, 3.63) is 16.9 Å². The summed E-state index contributed by atoms with van der Waals surface area (Å²) in [6.45, 7) is 3.36. The Hall–Kier alpha value is -0.770. The predicted octanol–water partition coefficient (Wildman–Crippen LogP) is 3.59. The summed E-state index contributed by atoms with van der Waals surface area (Å²) < 4.78 is 1.01. The first-order chi connectivity index (χ1) is 8.24.